The molecule has 0 saturated carbocycles. The summed E-state index contributed by atoms with van der Waals surface area (Å²) in [6.07, 6.45) is 1.02. The molecular weight excluding hydrogens is 174 g/mol. The summed E-state index contributed by atoms with van der Waals surface area (Å²) in [5, 5.41) is 0.975. The molecule has 1 aromatic rings. The second kappa shape index (κ2) is 3.40. The summed E-state index contributed by atoms with van der Waals surface area (Å²) in [7, 11) is -3.32. The third-order valence-corrected chi connectivity index (χ3v) is 2.77. The summed E-state index contributed by atoms with van der Waals surface area (Å²) >= 11 is 0. The summed E-state index contributed by atoms with van der Waals surface area (Å²) in [5.41, 5.74) is 4.99. The zero-order valence-electron chi connectivity index (χ0n) is 6.34. The van der Waals surface area contributed by atoms with Gasteiger partial charge < -0.3 is 5.73 Å². The molecule has 3 nitrogen and oxygen atoms in total. The number of benzene rings is 1. The predicted molar refractivity (Wildman–Crippen MR) is 47.0 cm³/mol. The Bertz CT molecular complexity index is 367. The molecule has 1 rings (SSSR count). The molecule has 0 bridgehead atoms. The van der Waals surface area contributed by atoms with E-state index in [1.807, 2.05) is 0 Å². The standard InChI is InChI=1S/C8H9NO2S/c9-6-7-12(10,11)8-4-2-1-3-5-8/h1-7H,9H2. The summed E-state index contributed by atoms with van der Waals surface area (Å²) < 4.78 is 22.5. The first-order chi connectivity index (χ1) is 5.67. The maximum absolute atomic E-state index is 11.3. The van der Waals surface area contributed by atoms with Crippen LogP contribution in [0.2, 0.25) is 0 Å². The molecule has 0 amide bonds. The Balaban J connectivity index is 3.16. The Hall–Kier alpha value is -1.29. The highest BCUT2D eigenvalue weighted by Crippen LogP contribution is 2.09. The Morgan fingerprint density at radius 1 is 1.17 bits per heavy atom. The average Bonchev–Trinajstić information content (AvgIpc) is 2.06. The molecule has 12 heavy (non-hydrogen) atoms. The maximum Gasteiger partial charge on any atom is 0.201 e. The fourth-order valence-corrected chi connectivity index (χ4v) is 1.69. The molecule has 1 aromatic carbocycles. The fraction of sp³-hybridized carbons (Fsp3) is 0. The molecule has 4 heteroatoms. The van der Waals surface area contributed by atoms with E-state index in [-0.39, 0.29) is 4.90 Å². The van der Waals surface area contributed by atoms with E-state index in [9.17, 15) is 8.42 Å². The van der Waals surface area contributed by atoms with E-state index in [1.165, 1.54) is 12.1 Å². The van der Waals surface area contributed by atoms with Crippen LogP contribution in [-0.4, -0.2) is 8.42 Å². The predicted octanol–water partition coefficient (Wildman–Crippen LogP) is 0.890. The first kappa shape index (κ1) is 8.80. The lowest BCUT2D eigenvalue weighted by molar-refractivity contribution is 0.604. The first-order valence-corrected chi connectivity index (χ1v) is 4.90. The number of rotatable bonds is 2. The minimum absolute atomic E-state index is 0.256. The van der Waals surface area contributed by atoms with Gasteiger partial charge in [-0.25, -0.2) is 8.42 Å². The second-order valence-corrected chi connectivity index (χ2v) is 4.02. The molecule has 0 fully saturated rings. The summed E-state index contributed by atoms with van der Waals surface area (Å²) in [6, 6.07) is 8.13. The van der Waals surface area contributed by atoms with Crippen molar-refractivity contribution in [2.45, 2.75) is 4.90 Å². The van der Waals surface area contributed by atoms with Crippen molar-refractivity contribution in [2.24, 2.45) is 5.73 Å². The normalized spacial score (nSPS) is 12.0. The molecule has 0 aromatic heterocycles. The fourth-order valence-electron chi connectivity index (χ4n) is 0.792. The Kier molecular flexibility index (Phi) is 2.50. The van der Waals surface area contributed by atoms with Crippen molar-refractivity contribution in [3.8, 4) is 0 Å². The summed E-state index contributed by atoms with van der Waals surface area (Å²) in [5.74, 6) is 0. The van der Waals surface area contributed by atoms with Gasteiger partial charge in [-0.05, 0) is 12.1 Å². The Morgan fingerprint density at radius 2 is 1.75 bits per heavy atom. The quantitative estimate of drug-likeness (QED) is 0.740. The second-order valence-electron chi connectivity index (χ2n) is 2.19. The number of hydrogen-bond donors (Lipinski definition) is 1. The molecule has 0 saturated heterocycles. The van der Waals surface area contributed by atoms with Gasteiger partial charge in [0.15, 0.2) is 0 Å². The van der Waals surface area contributed by atoms with Gasteiger partial charge in [0.25, 0.3) is 0 Å². The molecule has 0 heterocycles. The van der Waals surface area contributed by atoms with Gasteiger partial charge in [0.2, 0.25) is 9.84 Å². The summed E-state index contributed by atoms with van der Waals surface area (Å²) in [6.45, 7) is 0. The zero-order valence-corrected chi connectivity index (χ0v) is 7.16. The van der Waals surface area contributed by atoms with Gasteiger partial charge >= 0.3 is 0 Å². The van der Waals surface area contributed by atoms with Crippen LogP contribution in [0.25, 0.3) is 0 Å². The maximum atomic E-state index is 11.3. The molecule has 0 unspecified atom stereocenters. The van der Waals surface area contributed by atoms with E-state index < -0.39 is 9.84 Å². The molecule has 0 aliphatic heterocycles. The first-order valence-electron chi connectivity index (χ1n) is 3.35. The average molecular weight is 183 g/mol. The molecule has 0 spiro atoms. The van der Waals surface area contributed by atoms with Crippen LogP contribution < -0.4 is 5.73 Å². The zero-order chi connectivity index (χ0) is 9.03. The van der Waals surface area contributed by atoms with Crippen LogP contribution in [0.15, 0.2) is 46.8 Å². The lowest BCUT2D eigenvalue weighted by Crippen LogP contribution is -1.96. The van der Waals surface area contributed by atoms with Gasteiger partial charge in [-0.15, -0.1) is 0 Å². The topological polar surface area (TPSA) is 60.2 Å². The highest BCUT2D eigenvalue weighted by atomic mass is 32.2. The summed E-state index contributed by atoms with van der Waals surface area (Å²) in [4.78, 5) is 0.256. The SMILES string of the molecule is NC=CS(=O)(=O)c1ccccc1. The number of sulfone groups is 1. The highest BCUT2D eigenvalue weighted by Gasteiger charge is 2.07. The third-order valence-electron chi connectivity index (χ3n) is 1.33. The minimum Gasteiger partial charge on any atom is -0.404 e. The van der Waals surface area contributed by atoms with Crippen LogP contribution in [-0.2, 0) is 9.84 Å². The van der Waals surface area contributed by atoms with Crippen LogP contribution >= 0.6 is 0 Å². The van der Waals surface area contributed by atoms with E-state index in [0.29, 0.717) is 0 Å². The largest absolute Gasteiger partial charge is 0.404 e. The van der Waals surface area contributed by atoms with Crippen LogP contribution in [0.4, 0.5) is 0 Å². The van der Waals surface area contributed by atoms with Gasteiger partial charge in [-0.1, -0.05) is 18.2 Å². The van der Waals surface area contributed by atoms with Crippen molar-refractivity contribution in [1.82, 2.24) is 0 Å². The number of hydrogen-bond acceptors (Lipinski definition) is 3. The van der Waals surface area contributed by atoms with E-state index >= 15 is 0 Å². The molecule has 64 valence electrons. The van der Waals surface area contributed by atoms with Gasteiger partial charge in [0, 0.05) is 6.20 Å². The molecular formula is C8H9NO2S. The van der Waals surface area contributed by atoms with Crippen molar-refractivity contribution < 1.29 is 8.42 Å². The monoisotopic (exact) mass is 183 g/mol. The van der Waals surface area contributed by atoms with E-state index in [1.54, 1.807) is 18.2 Å². The van der Waals surface area contributed by atoms with Crippen molar-refractivity contribution in [3.63, 3.8) is 0 Å². The van der Waals surface area contributed by atoms with Crippen molar-refractivity contribution in [3.05, 3.63) is 41.9 Å². The molecule has 0 aliphatic carbocycles. The van der Waals surface area contributed by atoms with E-state index in [2.05, 4.69) is 0 Å². The third kappa shape index (κ3) is 1.85. The van der Waals surface area contributed by atoms with Crippen molar-refractivity contribution in [1.29, 1.82) is 0 Å². The smallest absolute Gasteiger partial charge is 0.201 e. The number of nitrogens with two attached hydrogens (primary N) is 1. The molecule has 2 N–H and O–H groups in total. The van der Waals surface area contributed by atoms with E-state index in [0.717, 1.165) is 11.6 Å². The molecule has 0 radical (unpaired) electrons. The van der Waals surface area contributed by atoms with Gasteiger partial charge in [0.05, 0.1) is 10.3 Å². The van der Waals surface area contributed by atoms with Crippen LogP contribution in [0, 0.1) is 0 Å². The highest BCUT2D eigenvalue weighted by molar-refractivity contribution is 7.94. The van der Waals surface area contributed by atoms with Crippen LogP contribution in [0.5, 0.6) is 0 Å². The van der Waals surface area contributed by atoms with Crippen molar-refractivity contribution in [2.75, 3.05) is 0 Å². The van der Waals surface area contributed by atoms with Crippen LogP contribution in [0.3, 0.4) is 0 Å². The van der Waals surface area contributed by atoms with Gasteiger partial charge in [-0.3, -0.25) is 0 Å². The van der Waals surface area contributed by atoms with Crippen LogP contribution in [0.1, 0.15) is 0 Å². The van der Waals surface area contributed by atoms with E-state index in [4.69, 9.17) is 5.73 Å². The minimum atomic E-state index is -3.32. The van der Waals surface area contributed by atoms with Crippen molar-refractivity contribution >= 4 is 9.84 Å². The Morgan fingerprint density at radius 3 is 2.25 bits per heavy atom. The lowest BCUT2D eigenvalue weighted by Gasteiger charge is -1.95. The molecule has 0 atom stereocenters. The molecule has 0 aliphatic rings. The van der Waals surface area contributed by atoms with Gasteiger partial charge in [-0.2, -0.15) is 0 Å². The lowest BCUT2D eigenvalue weighted by atomic mass is 10.4. The van der Waals surface area contributed by atoms with Gasteiger partial charge in [0.1, 0.15) is 0 Å². The Labute approximate surface area is 71.4 Å².